The van der Waals surface area contributed by atoms with Gasteiger partial charge in [-0.05, 0) is 38.0 Å². The maximum absolute atomic E-state index is 12.4. The standard InChI is InChI=1S/C16H16N2O4/c1-10-3-2-6-18(10)16(19)12-8-14(22-17-12)11-4-5-13-15(7-11)21-9-20-13/h4-5,7-8,10H,2-3,6,9H2,1H3/t10-/m1/s1. The molecule has 1 saturated heterocycles. The number of fused-ring (bicyclic) bond motifs is 1. The molecule has 114 valence electrons. The van der Waals surface area contributed by atoms with Crippen LogP contribution >= 0.6 is 0 Å². The molecule has 6 nitrogen and oxygen atoms in total. The van der Waals surface area contributed by atoms with Crippen LogP contribution < -0.4 is 9.47 Å². The fraction of sp³-hybridized carbons (Fsp3) is 0.375. The van der Waals surface area contributed by atoms with Gasteiger partial charge in [-0.3, -0.25) is 4.79 Å². The van der Waals surface area contributed by atoms with E-state index in [-0.39, 0.29) is 18.7 Å². The van der Waals surface area contributed by atoms with Crippen LogP contribution in [-0.4, -0.2) is 35.3 Å². The Hall–Kier alpha value is -2.50. The van der Waals surface area contributed by atoms with Crippen molar-refractivity contribution >= 4 is 5.91 Å². The quantitative estimate of drug-likeness (QED) is 0.853. The molecule has 2 aliphatic heterocycles. The molecule has 22 heavy (non-hydrogen) atoms. The van der Waals surface area contributed by atoms with Crippen LogP contribution in [0.2, 0.25) is 0 Å². The van der Waals surface area contributed by atoms with Gasteiger partial charge in [-0.15, -0.1) is 0 Å². The molecule has 1 fully saturated rings. The number of carbonyl (C=O) groups is 1. The Labute approximate surface area is 127 Å². The molecule has 0 bridgehead atoms. The van der Waals surface area contributed by atoms with Gasteiger partial charge in [0, 0.05) is 24.2 Å². The number of carbonyl (C=O) groups excluding carboxylic acids is 1. The van der Waals surface area contributed by atoms with Crippen LogP contribution in [0.3, 0.4) is 0 Å². The van der Waals surface area contributed by atoms with E-state index in [0.717, 1.165) is 24.9 Å². The Morgan fingerprint density at radius 2 is 2.14 bits per heavy atom. The third kappa shape index (κ3) is 2.11. The summed E-state index contributed by atoms with van der Waals surface area (Å²) in [6.07, 6.45) is 2.08. The molecule has 0 unspecified atom stereocenters. The second-order valence-electron chi connectivity index (χ2n) is 5.63. The molecule has 2 aromatic rings. The summed E-state index contributed by atoms with van der Waals surface area (Å²) in [6.45, 7) is 3.07. The van der Waals surface area contributed by atoms with Gasteiger partial charge in [-0.1, -0.05) is 5.16 Å². The zero-order valence-corrected chi connectivity index (χ0v) is 12.2. The number of benzene rings is 1. The Kier molecular flexibility index (Phi) is 3.03. The molecule has 0 N–H and O–H groups in total. The number of nitrogens with zero attached hydrogens (tertiary/aromatic N) is 2. The first kappa shape index (κ1) is 13.2. The van der Waals surface area contributed by atoms with E-state index in [4.69, 9.17) is 14.0 Å². The predicted molar refractivity (Wildman–Crippen MR) is 77.8 cm³/mol. The van der Waals surface area contributed by atoms with Crippen LogP contribution in [0.25, 0.3) is 11.3 Å². The van der Waals surface area contributed by atoms with Crippen LogP contribution in [0.5, 0.6) is 11.5 Å². The monoisotopic (exact) mass is 300 g/mol. The van der Waals surface area contributed by atoms with E-state index in [2.05, 4.69) is 12.1 Å². The summed E-state index contributed by atoms with van der Waals surface area (Å²) < 4.78 is 16.0. The third-order valence-corrected chi connectivity index (χ3v) is 4.20. The van der Waals surface area contributed by atoms with Gasteiger partial charge in [-0.2, -0.15) is 0 Å². The zero-order valence-electron chi connectivity index (χ0n) is 12.2. The highest BCUT2D eigenvalue weighted by Gasteiger charge is 2.28. The molecule has 0 radical (unpaired) electrons. The van der Waals surface area contributed by atoms with E-state index < -0.39 is 0 Å². The smallest absolute Gasteiger partial charge is 0.276 e. The van der Waals surface area contributed by atoms with Crippen molar-refractivity contribution in [3.63, 3.8) is 0 Å². The van der Waals surface area contributed by atoms with Crippen molar-refractivity contribution in [3.05, 3.63) is 30.0 Å². The second-order valence-corrected chi connectivity index (χ2v) is 5.63. The van der Waals surface area contributed by atoms with E-state index in [1.807, 2.05) is 23.1 Å². The molecule has 1 amide bonds. The lowest BCUT2D eigenvalue weighted by atomic mass is 10.1. The lowest BCUT2D eigenvalue weighted by molar-refractivity contribution is 0.0737. The Bertz CT molecular complexity index is 725. The van der Waals surface area contributed by atoms with E-state index in [1.165, 1.54) is 0 Å². The van der Waals surface area contributed by atoms with Gasteiger partial charge in [0.15, 0.2) is 23.0 Å². The molecule has 0 saturated carbocycles. The first-order valence-electron chi connectivity index (χ1n) is 7.40. The molecule has 1 aromatic carbocycles. The minimum atomic E-state index is -0.0688. The van der Waals surface area contributed by atoms with Crippen LogP contribution in [0, 0.1) is 0 Å². The lowest BCUT2D eigenvalue weighted by Crippen LogP contribution is -2.33. The van der Waals surface area contributed by atoms with Gasteiger partial charge in [-0.25, -0.2) is 0 Å². The summed E-state index contributed by atoms with van der Waals surface area (Å²) in [5.41, 5.74) is 1.16. The molecule has 0 spiro atoms. The first-order chi connectivity index (χ1) is 10.7. The molecular weight excluding hydrogens is 284 g/mol. The van der Waals surface area contributed by atoms with Crippen LogP contribution in [0.15, 0.2) is 28.8 Å². The summed E-state index contributed by atoms with van der Waals surface area (Å²) >= 11 is 0. The first-order valence-corrected chi connectivity index (χ1v) is 7.40. The highest BCUT2D eigenvalue weighted by molar-refractivity contribution is 5.93. The average Bonchev–Trinajstić information content (AvgIpc) is 3.26. The predicted octanol–water partition coefficient (Wildman–Crippen LogP) is 2.69. The Morgan fingerprint density at radius 1 is 1.27 bits per heavy atom. The van der Waals surface area contributed by atoms with Crippen LogP contribution in [0.4, 0.5) is 0 Å². The number of hydrogen-bond donors (Lipinski definition) is 0. The Balaban J connectivity index is 1.60. The molecule has 4 rings (SSSR count). The molecule has 6 heteroatoms. The lowest BCUT2D eigenvalue weighted by Gasteiger charge is -2.19. The summed E-state index contributed by atoms with van der Waals surface area (Å²) in [6, 6.07) is 7.46. The molecule has 0 aliphatic carbocycles. The number of hydrogen-bond acceptors (Lipinski definition) is 5. The van der Waals surface area contributed by atoms with Crippen molar-refractivity contribution in [2.24, 2.45) is 0 Å². The minimum absolute atomic E-state index is 0.0688. The third-order valence-electron chi connectivity index (χ3n) is 4.20. The van der Waals surface area contributed by atoms with Crippen LogP contribution in [-0.2, 0) is 0 Å². The van der Waals surface area contributed by atoms with Crippen molar-refractivity contribution in [2.75, 3.05) is 13.3 Å². The van der Waals surface area contributed by atoms with Gasteiger partial charge in [0.2, 0.25) is 6.79 Å². The fourth-order valence-electron chi connectivity index (χ4n) is 2.94. The van der Waals surface area contributed by atoms with Crippen molar-refractivity contribution in [1.82, 2.24) is 10.1 Å². The number of aromatic nitrogens is 1. The molecule has 1 atom stereocenters. The zero-order chi connectivity index (χ0) is 15.1. The highest BCUT2D eigenvalue weighted by atomic mass is 16.7. The van der Waals surface area contributed by atoms with E-state index >= 15 is 0 Å². The van der Waals surface area contributed by atoms with Crippen LogP contribution in [0.1, 0.15) is 30.3 Å². The molecule has 2 aliphatic rings. The van der Waals surface area contributed by atoms with Gasteiger partial charge in [0.05, 0.1) is 0 Å². The largest absolute Gasteiger partial charge is 0.454 e. The van der Waals surface area contributed by atoms with Gasteiger partial charge >= 0.3 is 0 Å². The topological polar surface area (TPSA) is 64.8 Å². The van der Waals surface area contributed by atoms with Crippen molar-refractivity contribution < 1.29 is 18.8 Å². The van der Waals surface area contributed by atoms with E-state index in [9.17, 15) is 4.79 Å². The molecule has 1 aromatic heterocycles. The molecule has 3 heterocycles. The van der Waals surface area contributed by atoms with Gasteiger partial charge in [0.25, 0.3) is 5.91 Å². The van der Waals surface area contributed by atoms with Crippen molar-refractivity contribution in [2.45, 2.75) is 25.8 Å². The number of likely N-dealkylation sites (tertiary alicyclic amines) is 1. The van der Waals surface area contributed by atoms with Gasteiger partial charge in [0.1, 0.15) is 0 Å². The summed E-state index contributed by atoms with van der Waals surface area (Å²) in [4.78, 5) is 14.3. The summed E-state index contributed by atoms with van der Waals surface area (Å²) in [5, 5.41) is 3.93. The number of rotatable bonds is 2. The normalized spacial score (nSPS) is 19.7. The van der Waals surface area contributed by atoms with Crippen molar-refractivity contribution in [1.29, 1.82) is 0 Å². The highest BCUT2D eigenvalue weighted by Crippen LogP contribution is 2.36. The van der Waals surface area contributed by atoms with Crippen molar-refractivity contribution in [3.8, 4) is 22.8 Å². The number of amides is 1. The fourth-order valence-corrected chi connectivity index (χ4v) is 2.94. The maximum Gasteiger partial charge on any atom is 0.276 e. The minimum Gasteiger partial charge on any atom is -0.454 e. The number of ether oxygens (including phenoxy) is 2. The van der Waals surface area contributed by atoms with E-state index in [0.29, 0.717) is 23.0 Å². The SMILES string of the molecule is C[C@@H]1CCCN1C(=O)c1cc(-c2ccc3c(c2)OCO3)on1. The summed E-state index contributed by atoms with van der Waals surface area (Å²) in [7, 11) is 0. The maximum atomic E-state index is 12.4. The van der Waals surface area contributed by atoms with Gasteiger partial charge < -0.3 is 18.9 Å². The Morgan fingerprint density at radius 3 is 2.95 bits per heavy atom. The van der Waals surface area contributed by atoms with E-state index in [1.54, 1.807) is 6.07 Å². The average molecular weight is 300 g/mol. The molecular formula is C16H16N2O4. The summed E-state index contributed by atoms with van der Waals surface area (Å²) in [5.74, 6) is 1.87. The second kappa shape index (κ2) is 5.05.